The third-order valence-corrected chi connectivity index (χ3v) is 7.07. The van der Waals surface area contributed by atoms with Gasteiger partial charge in [0.25, 0.3) is 5.91 Å². The van der Waals surface area contributed by atoms with Crippen molar-refractivity contribution < 1.29 is 18.4 Å². The lowest BCUT2D eigenvalue weighted by atomic mass is 9.61. The zero-order valence-electron chi connectivity index (χ0n) is 14.8. The highest BCUT2D eigenvalue weighted by Crippen LogP contribution is 2.61. The van der Waals surface area contributed by atoms with Gasteiger partial charge in [-0.15, -0.1) is 0 Å². The second-order valence-electron chi connectivity index (χ2n) is 8.55. The van der Waals surface area contributed by atoms with Gasteiger partial charge in [0.2, 0.25) is 5.92 Å². The second kappa shape index (κ2) is 4.84. The van der Waals surface area contributed by atoms with Gasteiger partial charge in [-0.05, 0) is 54.7 Å². The van der Waals surface area contributed by atoms with Crippen molar-refractivity contribution in [3.63, 3.8) is 0 Å². The first-order chi connectivity index (χ1) is 12.3. The number of rotatable bonds is 1. The molecule has 1 aromatic carbocycles. The largest absolute Gasteiger partial charge is 0.325 e. The minimum atomic E-state index is -2.68. The van der Waals surface area contributed by atoms with Crippen LogP contribution in [-0.2, 0) is 16.8 Å². The summed E-state index contributed by atoms with van der Waals surface area (Å²) in [5, 5.41) is 2.95. The van der Waals surface area contributed by atoms with Crippen LogP contribution in [0.2, 0.25) is 0 Å². The maximum atomic E-state index is 13.9. The number of fused-ring (bicyclic) bond motifs is 3. The van der Waals surface area contributed by atoms with E-state index in [9.17, 15) is 18.4 Å². The van der Waals surface area contributed by atoms with Crippen LogP contribution in [0.1, 0.15) is 61.1 Å². The van der Waals surface area contributed by atoms with Gasteiger partial charge in [0.15, 0.2) is 5.54 Å². The van der Waals surface area contributed by atoms with E-state index in [0.29, 0.717) is 12.3 Å². The van der Waals surface area contributed by atoms with Gasteiger partial charge in [-0.1, -0.05) is 18.2 Å². The van der Waals surface area contributed by atoms with Gasteiger partial charge in [0.05, 0.1) is 0 Å². The normalized spacial score (nSPS) is 31.6. The molecule has 4 nitrogen and oxygen atoms in total. The van der Waals surface area contributed by atoms with Crippen molar-refractivity contribution in [1.82, 2.24) is 10.2 Å². The molecule has 1 saturated heterocycles. The van der Waals surface area contributed by atoms with Crippen LogP contribution >= 0.6 is 0 Å². The second-order valence-corrected chi connectivity index (χ2v) is 8.55. The summed E-state index contributed by atoms with van der Waals surface area (Å²) in [4.78, 5) is 26.8. The van der Waals surface area contributed by atoms with E-state index in [4.69, 9.17) is 0 Å². The number of nitrogens with zero attached hydrogens (tertiary/aromatic N) is 1. The predicted molar refractivity (Wildman–Crippen MR) is 90.9 cm³/mol. The molecule has 6 heteroatoms. The van der Waals surface area contributed by atoms with Crippen molar-refractivity contribution in [3.8, 4) is 0 Å². The summed E-state index contributed by atoms with van der Waals surface area (Å²) < 4.78 is 27.8. The van der Waals surface area contributed by atoms with Gasteiger partial charge in [-0.25, -0.2) is 13.6 Å². The van der Waals surface area contributed by atoms with Crippen LogP contribution in [0.4, 0.5) is 13.6 Å². The molecule has 138 valence electrons. The topological polar surface area (TPSA) is 49.4 Å². The molecule has 4 aliphatic rings. The number of halogens is 2. The lowest BCUT2D eigenvalue weighted by molar-refractivity contribution is -0.141. The molecule has 0 aromatic heterocycles. The third-order valence-electron chi connectivity index (χ3n) is 7.07. The maximum Gasteiger partial charge on any atom is 0.325 e. The lowest BCUT2D eigenvalue weighted by Gasteiger charge is -2.46. The van der Waals surface area contributed by atoms with Gasteiger partial charge in [0, 0.05) is 25.3 Å². The van der Waals surface area contributed by atoms with E-state index in [0.717, 1.165) is 28.9 Å². The smallest absolute Gasteiger partial charge is 0.319 e. The number of hydrogen-bond acceptors (Lipinski definition) is 2. The number of likely N-dealkylation sites (N-methyl/N-ethyl adjacent to an activating group) is 1. The molecule has 5 rings (SSSR count). The van der Waals surface area contributed by atoms with Gasteiger partial charge in [0.1, 0.15) is 0 Å². The van der Waals surface area contributed by atoms with E-state index in [1.54, 1.807) is 0 Å². The van der Waals surface area contributed by atoms with Crippen LogP contribution in [0.3, 0.4) is 0 Å². The Bertz CT molecular complexity index is 823. The Hall–Kier alpha value is -1.98. The fourth-order valence-electron chi connectivity index (χ4n) is 5.38. The molecule has 0 radical (unpaired) electrons. The Balaban J connectivity index is 1.67. The Labute approximate surface area is 150 Å². The highest BCUT2D eigenvalue weighted by atomic mass is 19.3. The van der Waals surface area contributed by atoms with Crippen molar-refractivity contribution in [2.24, 2.45) is 5.41 Å². The molecule has 2 spiro atoms. The summed E-state index contributed by atoms with van der Waals surface area (Å²) >= 11 is 0. The van der Waals surface area contributed by atoms with E-state index < -0.39 is 22.9 Å². The molecule has 1 aliphatic heterocycles. The fourth-order valence-corrected chi connectivity index (χ4v) is 5.38. The average molecular weight is 360 g/mol. The number of amides is 3. The van der Waals surface area contributed by atoms with Gasteiger partial charge < -0.3 is 5.32 Å². The summed E-state index contributed by atoms with van der Waals surface area (Å²) in [6.45, 7) is 0. The van der Waals surface area contributed by atoms with E-state index in [2.05, 4.69) is 17.4 Å². The summed E-state index contributed by atoms with van der Waals surface area (Å²) in [7, 11) is 1.47. The Morgan fingerprint density at radius 3 is 2.38 bits per heavy atom. The molecule has 26 heavy (non-hydrogen) atoms. The first kappa shape index (κ1) is 16.2. The van der Waals surface area contributed by atoms with Crippen LogP contribution in [0.25, 0.3) is 0 Å². The third kappa shape index (κ3) is 1.93. The highest BCUT2D eigenvalue weighted by Gasteiger charge is 2.68. The molecular formula is C20H22F2N2O2. The molecule has 1 unspecified atom stereocenters. The number of hydrogen-bond donors (Lipinski definition) is 1. The fraction of sp³-hybridized carbons (Fsp3) is 0.600. The molecule has 1 heterocycles. The van der Waals surface area contributed by atoms with Crippen molar-refractivity contribution in [3.05, 3.63) is 34.9 Å². The molecule has 3 aliphatic carbocycles. The quantitative estimate of drug-likeness (QED) is 0.777. The molecule has 1 N–H and O–H groups in total. The number of nitrogens with one attached hydrogen (secondary N) is 1. The molecular weight excluding hydrogens is 338 g/mol. The molecule has 0 bridgehead atoms. The van der Waals surface area contributed by atoms with Gasteiger partial charge in [-0.3, -0.25) is 9.69 Å². The van der Waals surface area contributed by atoms with Crippen molar-refractivity contribution in [1.29, 1.82) is 0 Å². The first-order valence-corrected chi connectivity index (χ1v) is 9.40. The van der Waals surface area contributed by atoms with Gasteiger partial charge in [-0.2, -0.15) is 0 Å². The molecule has 3 amide bonds. The zero-order chi connectivity index (χ0) is 18.3. The average Bonchev–Trinajstić information content (AvgIpc) is 3.38. The van der Waals surface area contributed by atoms with Crippen molar-refractivity contribution >= 4 is 11.9 Å². The van der Waals surface area contributed by atoms with Crippen LogP contribution in [0.5, 0.6) is 0 Å². The number of urea groups is 1. The standard InChI is InChI=1S/C20H22F2N2O2/c1-24-16(25)20(23-17(24)26)15-10-13(12-2-3-12)4-5-14(15)11-18(20)6-8-19(21,22)9-7-18/h4-5,10,12H,2-3,6-9,11H2,1H3,(H,23,26). The number of carbonyl (C=O) groups excluding carboxylic acids is 2. The summed E-state index contributed by atoms with van der Waals surface area (Å²) in [5.74, 6) is -2.45. The minimum absolute atomic E-state index is 0.231. The van der Waals surface area contributed by atoms with Crippen LogP contribution < -0.4 is 5.32 Å². The van der Waals surface area contributed by atoms with Crippen LogP contribution in [0.15, 0.2) is 18.2 Å². The maximum absolute atomic E-state index is 13.9. The van der Waals surface area contributed by atoms with Crippen LogP contribution in [-0.4, -0.2) is 29.8 Å². The molecule has 3 fully saturated rings. The Morgan fingerprint density at radius 2 is 1.81 bits per heavy atom. The monoisotopic (exact) mass is 360 g/mol. The lowest BCUT2D eigenvalue weighted by Crippen LogP contribution is -2.57. The Kier molecular flexibility index (Phi) is 3.02. The SMILES string of the molecule is CN1C(=O)NC2(C1=O)c1cc(C3CC3)ccc1CC21CCC(F)(F)CC1. The predicted octanol–water partition coefficient (Wildman–Crippen LogP) is 3.69. The van der Waals surface area contributed by atoms with Gasteiger partial charge >= 0.3 is 6.03 Å². The van der Waals surface area contributed by atoms with E-state index in [-0.39, 0.29) is 31.6 Å². The number of imide groups is 1. The number of carbonyl (C=O) groups is 2. The first-order valence-electron chi connectivity index (χ1n) is 9.40. The Morgan fingerprint density at radius 1 is 1.12 bits per heavy atom. The van der Waals surface area contributed by atoms with Crippen LogP contribution in [0, 0.1) is 5.41 Å². The molecule has 1 aromatic rings. The van der Waals surface area contributed by atoms with E-state index in [1.807, 2.05) is 6.07 Å². The zero-order valence-corrected chi connectivity index (χ0v) is 14.8. The highest BCUT2D eigenvalue weighted by molar-refractivity contribution is 6.08. The molecule has 1 atom stereocenters. The molecule has 2 saturated carbocycles. The summed E-state index contributed by atoms with van der Waals surface area (Å²) in [6.07, 6.45) is 2.88. The van der Waals surface area contributed by atoms with Crippen molar-refractivity contribution in [2.75, 3.05) is 7.05 Å². The van der Waals surface area contributed by atoms with Crippen molar-refractivity contribution in [2.45, 2.75) is 62.3 Å². The summed E-state index contributed by atoms with van der Waals surface area (Å²) in [5.41, 5.74) is 1.21. The number of benzene rings is 1. The minimum Gasteiger partial charge on any atom is -0.319 e. The van der Waals surface area contributed by atoms with E-state index >= 15 is 0 Å². The number of alkyl halides is 2. The van der Waals surface area contributed by atoms with E-state index in [1.165, 1.54) is 12.6 Å². The summed E-state index contributed by atoms with van der Waals surface area (Å²) in [6, 6.07) is 5.78.